The average molecular weight is 264 g/mol. The van der Waals surface area contributed by atoms with E-state index in [-0.39, 0.29) is 6.10 Å². The molecule has 0 aliphatic carbocycles. The minimum Gasteiger partial charge on any atom is -0.380 e. The van der Waals surface area contributed by atoms with Gasteiger partial charge >= 0.3 is 0 Å². The molecule has 1 aliphatic heterocycles. The molecule has 17 heavy (non-hydrogen) atoms. The molecule has 0 saturated carbocycles. The van der Waals surface area contributed by atoms with Crippen molar-refractivity contribution in [3.63, 3.8) is 0 Å². The topological polar surface area (TPSA) is 58.6 Å². The van der Waals surface area contributed by atoms with Gasteiger partial charge in [-0.3, -0.25) is 0 Å². The standard InChI is InChI=1S/C11H24N2O3S/c1-9-5-6-13(8-11(9)16-4)17(14,15)10(2)7-12-3/h9-12H,5-8H2,1-4H3. The van der Waals surface area contributed by atoms with E-state index >= 15 is 0 Å². The molecule has 3 atom stereocenters. The number of rotatable bonds is 5. The number of nitrogens with one attached hydrogen (secondary N) is 1. The van der Waals surface area contributed by atoms with Crippen molar-refractivity contribution >= 4 is 10.0 Å². The maximum atomic E-state index is 12.3. The molecule has 1 heterocycles. The van der Waals surface area contributed by atoms with Gasteiger partial charge in [0.1, 0.15) is 0 Å². The number of methoxy groups -OCH3 is 1. The predicted molar refractivity (Wildman–Crippen MR) is 68.5 cm³/mol. The van der Waals surface area contributed by atoms with E-state index in [0.29, 0.717) is 25.6 Å². The quantitative estimate of drug-likeness (QED) is 0.775. The third-order valence-corrected chi connectivity index (χ3v) is 5.75. The van der Waals surface area contributed by atoms with Crippen LogP contribution in [0, 0.1) is 5.92 Å². The lowest BCUT2D eigenvalue weighted by Gasteiger charge is -2.36. The van der Waals surface area contributed by atoms with E-state index in [1.165, 1.54) is 0 Å². The number of nitrogens with zero attached hydrogens (tertiary/aromatic N) is 1. The summed E-state index contributed by atoms with van der Waals surface area (Å²) >= 11 is 0. The fourth-order valence-electron chi connectivity index (χ4n) is 2.19. The van der Waals surface area contributed by atoms with E-state index in [1.54, 1.807) is 25.4 Å². The van der Waals surface area contributed by atoms with Crippen LogP contribution in [-0.4, -0.2) is 57.9 Å². The van der Waals surface area contributed by atoms with Crippen LogP contribution < -0.4 is 5.32 Å². The molecule has 0 aromatic heterocycles. The molecule has 1 rings (SSSR count). The molecule has 5 nitrogen and oxygen atoms in total. The fourth-order valence-corrected chi connectivity index (χ4v) is 3.79. The summed E-state index contributed by atoms with van der Waals surface area (Å²) in [6.45, 7) is 5.42. The predicted octanol–water partition coefficient (Wildman–Crippen LogP) is 0.281. The van der Waals surface area contributed by atoms with E-state index in [4.69, 9.17) is 4.74 Å². The highest BCUT2D eigenvalue weighted by Gasteiger charge is 2.35. The van der Waals surface area contributed by atoms with Gasteiger partial charge in [-0.15, -0.1) is 0 Å². The lowest BCUT2D eigenvalue weighted by atomic mass is 9.97. The molecule has 1 N–H and O–H groups in total. The van der Waals surface area contributed by atoms with Crippen molar-refractivity contribution in [3.8, 4) is 0 Å². The van der Waals surface area contributed by atoms with Gasteiger partial charge in [-0.1, -0.05) is 6.92 Å². The Hall–Kier alpha value is -0.170. The van der Waals surface area contributed by atoms with Gasteiger partial charge in [-0.2, -0.15) is 4.31 Å². The summed E-state index contributed by atoms with van der Waals surface area (Å²) in [5, 5.41) is 2.52. The normalized spacial score (nSPS) is 29.2. The Kier molecular flexibility index (Phi) is 5.37. The highest BCUT2D eigenvalue weighted by Crippen LogP contribution is 2.23. The number of hydrogen-bond donors (Lipinski definition) is 1. The molecule has 102 valence electrons. The highest BCUT2D eigenvalue weighted by atomic mass is 32.2. The Labute approximate surface area is 105 Å². The first-order chi connectivity index (χ1) is 7.93. The summed E-state index contributed by atoms with van der Waals surface area (Å²) in [7, 11) is 0.213. The molecule has 0 spiro atoms. The zero-order chi connectivity index (χ0) is 13.1. The second-order valence-corrected chi connectivity index (χ2v) is 7.16. The smallest absolute Gasteiger partial charge is 0.218 e. The Bertz CT molecular complexity index is 332. The van der Waals surface area contributed by atoms with E-state index in [9.17, 15) is 8.42 Å². The maximum absolute atomic E-state index is 12.3. The van der Waals surface area contributed by atoms with Gasteiger partial charge in [0.2, 0.25) is 10.0 Å². The van der Waals surface area contributed by atoms with Gasteiger partial charge in [0.15, 0.2) is 0 Å². The second kappa shape index (κ2) is 6.13. The summed E-state index contributed by atoms with van der Waals surface area (Å²) in [4.78, 5) is 0. The van der Waals surface area contributed by atoms with Crippen LogP contribution in [0.1, 0.15) is 20.3 Å². The second-order valence-electron chi connectivity index (χ2n) is 4.81. The van der Waals surface area contributed by atoms with Crippen molar-refractivity contribution in [2.75, 3.05) is 33.8 Å². The van der Waals surface area contributed by atoms with E-state index in [1.807, 2.05) is 0 Å². The van der Waals surface area contributed by atoms with E-state index < -0.39 is 15.3 Å². The summed E-state index contributed by atoms with van der Waals surface area (Å²) in [5.41, 5.74) is 0. The monoisotopic (exact) mass is 264 g/mol. The molecule has 0 bridgehead atoms. The molecular weight excluding hydrogens is 240 g/mol. The minimum atomic E-state index is -3.20. The van der Waals surface area contributed by atoms with Crippen molar-refractivity contribution in [2.24, 2.45) is 5.92 Å². The van der Waals surface area contributed by atoms with Crippen LogP contribution in [0.25, 0.3) is 0 Å². The molecule has 3 unspecified atom stereocenters. The van der Waals surface area contributed by atoms with Gasteiger partial charge in [-0.05, 0) is 26.3 Å². The first-order valence-electron chi connectivity index (χ1n) is 6.09. The first kappa shape index (κ1) is 14.9. The molecule has 1 aliphatic rings. The Morgan fingerprint density at radius 1 is 1.53 bits per heavy atom. The molecule has 1 fully saturated rings. The fraction of sp³-hybridized carbons (Fsp3) is 1.00. The lowest BCUT2D eigenvalue weighted by molar-refractivity contribution is 0.0182. The maximum Gasteiger partial charge on any atom is 0.218 e. The van der Waals surface area contributed by atoms with E-state index in [2.05, 4.69) is 12.2 Å². The van der Waals surface area contributed by atoms with Crippen LogP contribution in [0.15, 0.2) is 0 Å². The Balaban J connectivity index is 2.73. The van der Waals surface area contributed by atoms with Crippen LogP contribution in [0.3, 0.4) is 0 Å². The van der Waals surface area contributed by atoms with Gasteiger partial charge in [0.25, 0.3) is 0 Å². The molecule has 0 aromatic rings. The molecule has 0 amide bonds. The van der Waals surface area contributed by atoms with Crippen molar-refractivity contribution in [1.82, 2.24) is 9.62 Å². The number of sulfonamides is 1. The molecule has 1 saturated heterocycles. The average Bonchev–Trinajstić information content (AvgIpc) is 2.29. The Morgan fingerprint density at radius 2 is 2.18 bits per heavy atom. The van der Waals surface area contributed by atoms with Crippen molar-refractivity contribution < 1.29 is 13.2 Å². The van der Waals surface area contributed by atoms with Gasteiger partial charge in [-0.25, -0.2) is 8.42 Å². The lowest BCUT2D eigenvalue weighted by Crippen LogP contribution is -2.50. The van der Waals surface area contributed by atoms with Crippen LogP contribution in [0.4, 0.5) is 0 Å². The first-order valence-corrected chi connectivity index (χ1v) is 7.60. The zero-order valence-electron chi connectivity index (χ0n) is 11.1. The summed E-state index contributed by atoms with van der Waals surface area (Å²) in [6.07, 6.45) is 0.879. The van der Waals surface area contributed by atoms with Gasteiger partial charge < -0.3 is 10.1 Å². The number of piperidine rings is 1. The SMILES string of the molecule is CNCC(C)S(=O)(=O)N1CCC(C)C(OC)C1. The molecular formula is C11H24N2O3S. The van der Waals surface area contributed by atoms with E-state index in [0.717, 1.165) is 6.42 Å². The van der Waals surface area contributed by atoms with Crippen LogP contribution in [0.2, 0.25) is 0 Å². The molecule has 6 heteroatoms. The van der Waals surface area contributed by atoms with Gasteiger partial charge in [0.05, 0.1) is 11.4 Å². The largest absolute Gasteiger partial charge is 0.380 e. The molecule has 0 aromatic carbocycles. The third-order valence-electron chi connectivity index (χ3n) is 3.51. The Morgan fingerprint density at radius 3 is 2.71 bits per heavy atom. The van der Waals surface area contributed by atoms with Crippen molar-refractivity contribution in [2.45, 2.75) is 31.6 Å². The third kappa shape index (κ3) is 3.40. The van der Waals surface area contributed by atoms with Crippen molar-refractivity contribution in [1.29, 1.82) is 0 Å². The van der Waals surface area contributed by atoms with Crippen LogP contribution in [-0.2, 0) is 14.8 Å². The molecule has 0 radical (unpaired) electrons. The minimum absolute atomic E-state index is 0.0142. The summed E-state index contributed by atoms with van der Waals surface area (Å²) < 4.78 is 31.5. The van der Waals surface area contributed by atoms with Gasteiger partial charge in [0, 0.05) is 26.7 Å². The van der Waals surface area contributed by atoms with Crippen molar-refractivity contribution in [3.05, 3.63) is 0 Å². The van der Waals surface area contributed by atoms with Crippen LogP contribution in [0.5, 0.6) is 0 Å². The highest BCUT2D eigenvalue weighted by molar-refractivity contribution is 7.89. The number of ether oxygens (including phenoxy) is 1. The summed E-state index contributed by atoms with van der Waals surface area (Å²) in [6, 6.07) is 0. The zero-order valence-corrected chi connectivity index (χ0v) is 12.0. The van der Waals surface area contributed by atoms with Crippen LogP contribution >= 0.6 is 0 Å². The summed E-state index contributed by atoms with van der Waals surface area (Å²) in [5.74, 6) is 0.422. The number of hydrogen-bond acceptors (Lipinski definition) is 4.